The Morgan fingerprint density at radius 1 is 1.30 bits per heavy atom. The molecule has 0 fully saturated rings. The van der Waals surface area contributed by atoms with Gasteiger partial charge in [0, 0.05) is 18.7 Å². The van der Waals surface area contributed by atoms with E-state index in [1.807, 2.05) is 0 Å². The van der Waals surface area contributed by atoms with Gasteiger partial charge in [-0.1, -0.05) is 19.9 Å². The average Bonchev–Trinajstić information content (AvgIpc) is 2.44. The molecule has 0 aliphatic rings. The molecule has 2 atom stereocenters. The maximum absolute atomic E-state index is 12.4. The molecular weight excluding hydrogens is 302 g/mol. The molecule has 0 aromatic carbocycles. The summed E-state index contributed by atoms with van der Waals surface area (Å²) in [7, 11) is 0. The van der Waals surface area contributed by atoms with Gasteiger partial charge in [-0.15, -0.1) is 0 Å². The van der Waals surface area contributed by atoms with E-state index in [4.69, 9.17) is 10.8 Å². The number of primary amides is 1. The Morgan fingerprint density at radius 3 is 2.43 bits per heavy atom. The average molecular weight is 323 g/mol. The van der Waals surface area contributed by atoms with Gasteiger partial charge in [0.2, 0.25) is 11.8 Å². The number of rotatable bonds is 8. The van der Waals surface area contributed by atoms with Gasteiger partial charge in [-0.05, 0) is 18.4 Å². The first kappa shape index (κ1) is 18.4. The molecule has 0 saturated carbocycles. The topological polar surface area (TPSA) is 131 Å². The van der Waals surface area contributed by atoms with Gasteiger partial charge in [0.25, 0.3) is 5.56 Å². The Balaban J connectivity index is 2.97. The van der Waals surface area contributed by atoms with Crippen molar-refractivity contribution in [2.24, 2.45) is 11.7 Å². The first-order valence-corrected chi connectivity index (χ1v) is 7.22. The summed E-state index contributed by atoms with van der Waals surface area (Å²) in [6, 6.07) is 2.41. The lowest BCUT2D eigenvalue weighted by molar-refractivity contribution is -0.143. The molecule has 2 unspecified atom stereocenters. The molecule has 8 heteroatoms. The van der Waals surface area contributed by atoms with Crippen molar-refractivity contribution < 1.29 is 19.5 Å². The molecule has 4 N–H and O–H groups in total. The first-order valence-electron chi connectivity index (χ1n) is 7.22. The third kappa shape index (κ3) is 5.24. The molecule has 1 rings (SSSR count). The summed E-state index contributed by atoms with van der Waals surface area (Å²) in [6.07, 6.45) is 1.21. The zero-order valence-corrected chi connectivity index (χ0v) is 13.1. The fraction of sp³-hybridized carbons (Fsp3) is 0.467. The maximum Gasteiger partial charge on any atom is 0.326 e. The number of aromatic nitrogens is 1. The van der Waals surface area contributed by atoms with Gasteiger partial charge in [-0.3, -0.25) is 14.4 Å². The van der Waals surface area contributed by atoms with Crippen molar-refractivity contribution in [3.05, 3.63) is 34.7 Å². The van der Waals surface area contributed by atoms with Crippen molar-refractivity contribution in [1.82, 2.24) is 9.88 Å². The van der Waals surface area contributed by atoms with Crippen LogP contribution < -0.4 is 16.6 Å². The maximum atomic E-state index is 12.4. The van der Waals surface area contributed by atoms with Crippen LogP contribution in [0, 0.1) is 5.92 Å². The number of carbonyl (C=O) groups excluding carboxylic acids is 2. The number of nitrogens with zero attached hydrogens (tertiary/aromatic N) is 1. The number of nitrogens with one attached hydrogen (secondary N) is 1. The summed E-state index contributed by atoms with van der Waals surface area (Å²) in [4.78, 5) is 46.4. The van der Waals surface area contributed by atoms with Crippen LogP contribution in [-0.4, -0.2) is 33.5 Å². The van der Waals surface area contributed by atoms with Crippen LogP contribution in [0.15, 0.2) is 29.2 Å². The molecule has 2 amide bonds. The molecule has 1 aromatic rings. The largest absolute Gasteiger partial charge is 0.480 e. The molecule has 1 aromatic heterocycles. The predicted molar refractivity (Wildman–Crippen MR) is 82.6 cm³/mol. The minimum atomic E-state index is -1.26. The van der Waals surface area contributed by atoms with Gasteiger partial charge in [-0.25, -0.2) is 4.79 Å². The lowest BCUT2D eigenvalue weighted by atomic mass is 10.0. The molecule has 126 valence electrons. The Hall–Kier alpha value is -2.64. The van der Waals surface area contributed by atoms with Crippen molar-refractivity contribution in [3.8, 4) is 0 Å². The van der Waals surface area contributed by atoms with Crippen molar-refractivity contribution >= 4 is 17.8 Å². The number of hydrogen-bond donors (Lipinski definition) is 3. The molecule has 1 heterocycles. The number of carboxylic acid groups (broad SMARTS) is 1. The third-order valence-electron chi connectivity index (χ3n) is 3.34. The van der Waals surface area contributed by atoms with Crippen molar-refractivity contribution in [1.29, 1.82) is 0 Å². The van der Waals surface area contributed by atoms with E-state index in [0.717, 1.165) is 0 Å². The van der Waals surface area contributed by atoms with Gasteiger partial charge in [-0.2, -0.15) is 0 Å². The third-order valence-corrected chi connectivity index (χ3v) is 3.34. The van der Waals surface area contributed by atoms with Crippen LogP contribution in [-0.2, 0) is 14.4 Å². The summed E-state index contributed by atoms with van der Waals surface area (Å²) in [5.74, 6) is -2.74. The van der Waals surface area contributed by atoms with E-state index in [9.17, 15) is 19.2 Å². The zero-order chi connectivity index (χ0) is 17.6. The first-order chi connectivity index (χ1) is 10.7. The van der Waals surface area contributed by atoms with Crippen molar-refractivity contribution in [2.45, 2.75) is 38.8 Å². The molecule has 23 heavy (non-hydrogen) atoms. The summed E-state index contributed by atoms with van der Waals surface area (Å²) in [5, 5.41) is 11.5. The van der Waals surface area contributed by atoms with Crippen LogP contribution in [0.5, 0.6) is 0 Å². The number of carboxylic acids is 1. The lowest BCUT2D eigenvalue weighted by Crippen LogP contribution is -2.47. The van der Waals surface area contributed by atoms with E-state index in [1.165, 1.54) is 16.8 Å². The SMILES string of the molecule is CC(C)C(C(=O)NC(CCC(N)=O)C(=O)O)n1ccccc1=O. The van der Waals surface area contributed by atoms with Crippen LogP contribution in [0.1, 0.15) is 32.7 Å². The quantitative estimate of drug-likeness (QED) is 0.613. The van der Waals surface area contributed by atoms with Crippen LogP contribution in [0.4, 0.5) is 0 Å². The van der Waals surface area contributed by atoms with E-state index in [-0.39, 0.29) is 24.3 Å². The number of amides is 2. The zero-order valence-electron chi connectivity index (χ0n) is 13.1. The fourth-order valence-corrected chi connectivity index (χ4v) is 2.22. The highest BCUT2D eigenvalue weighted by molar-refractivity contribution is 5.86. The predicted octanol–water partition coefficient (Wildman–Crippen LogP) is -0.120. The summed E-state index contributed by atoms with van der Waals surface area (Å²) in [6.45, 7) is 3.51. The second-order valence-electron chi connectivity index (χ2n) is 5.54. The highest BCUT2D eigenvalue weighted by atomic mass is 16.4. The number of pyridine rings is 1. The monoisotopic (exact) mass is 323 g/mol. The lowest BCUT2D eigenvalue weighted by Gasteiger charge is -2.24. The van der Waals surface area contributed by atoms with Crippen molar-refractivity contribution in [2.75, 3.05) is 0 Å². The van der Waals surface area contributed by atoms with Crippen LogP contribution in [0.25, 0.3) is 0 Å². The molecule has 0 bridgehead atoms. The van der Waals surface area contributed by atoms with Gasteiger partial charge < -0.3 is 20.7 Å². The van der Waals surface area contributed by atoms with E-state index in [1.54, 1.807) is 26.0 Å². The van der Waals surface area contributed by atoms with Crippen LogP contribution in [0.3, 0.4) is 0 Å². The van der Waals surface area contributed by atoms with Gasteiger partial charge in [0.15, 0.2) is 0 Å². The van der Waals surface area contributed by atoms with Crippen molar-refractivity contribution in [3.63, 3.8) is 0 Å². The van der Waals surface area contributed by atoms with E-state index >= 15 is 0 Å². The Bertz CT molecular complexity index is 638. The molecule has 0 aliphatic heterocycles. The van der Waals surface area contributed by atoms with E-state index in [0.29, 0.717) is 0 Å². The smallest absolute Gasteiger partial charge is 0.326 e. The molecule has 0 saturated heterocycles. The summed E-state index contributed by atoms with van der Waals surface area (Å²) < 4.78 is 1.26. The van der Waals surface area contributed by atoms with Gasteiger partial charge >= 0.3 is 5.97 Å². The Morgan fingerprint density at radius 2 is 1.96 bits per heavy atom. The standard InChI is InChI=1S/C15H21N3O5/c1-9(2)13(18-8-4-3-5-12(18)20)14(21)17-10(15(22)23)6-7-11(16)19/h3-5,8-10,13H,6-7H2,1-2H3,(H2,16,19)(H,17,21)(H,22,23). The Labute approximate surface area is 133 Å². The van der Waals surface area contributed by atoms with Gasteiger partial charge in [0.05, 0.1) is 0 Å². The summed E-state index contributed by atoms with van der Waals surface area (Å²) >= 11 is 0. The van der Waals surface area contributed by atoms with Gasteiger partial charge in [0.1, 0.15) is 12.1 Å². The molecule has 8 nitrogen and oxygen atoms in total. The second-order valence-corrected chi connectivity index (χ2v) is 5.54. The highest BCUT2D eigenvalue weighted by Gasteiger charge is 2.29. The second kappa shape index (κ2) is 8.11. The minimum absolute atomic E-state index is 0.106. The van der Waals surface area contributed by atoms with E-state index < -0.39 is 29.9 Å². The molecular formula is C15H21N3O5. The highest BCUT2D eigenvalue weighted by Crippen LogP contribution is 2.16. The normalized spacial score (nSPS) is 13.3. The van der Waals surface area contributed by atoms with E-state index in [2.05, 4.69) is 5.32 Å². The number of nitrogens with two attached hydrogens (primary N) is 1. The Kier molecular flexibility index (Phi) is 6.49. The number of carbonyl (C=O) groups is 3. The number of aliphatic carboxylic acids is 1. The number of hydrogen-bond acceptors (Lipinski definition) is 4. The molecule has 0 aliphatic carbocycles. The van der Waals surface area contributed by atoms with Crippen LogP contribution in [0.2, 0.25) is 0 Å². The molecule has 0 radical (unpaired) electrons. The van der Waals surface area contributed by atoms with Crippen LogP contribution >= 0.6 is 0 Å². The molecule has 0 spiro atoms. The minimum Gasteiger partial charge on any atom is -0.480 e. The summed E-state index contributed by atoms with van der Waals surface area (Å²) in [5.41, 5.74) is 4.64. The fourth-order valence-electron chi connectivity index (χ4n) is 2.22.